The Morgan fingerprint density at radius 3 is 2.52 bits per heavy atom. The van der Waals surface area contributed by atoms with Gasteiger partial charge in [0.15, 0.2) is 0 Å². The Morgan fingerprint density at radius 1 is 1.15 bits per heavy atom. The van der Waals surface area contributed by atoms with Crippen LogP contribution in [0.2, 0.25) is 5.02 Å². The molecule has 0 atom stereocenters. The molecule has 0 saturated heterocycles. The number of aryl methyl sites for hydroxylation is 1. The lowest BCUT2D eigenvalue weighted by Crippen LogP contribution is -2.31. The Labute approximate surface area is 166 Å². The van der Waals surface area contributed by atoms with Crippen molar-refractivity contribution in [2.24, 2.45) is 7.05 Å². The average molecular weight is 422 g/mol. The molecular formula is C18H16ClN3O3S2. The molecule has 0 saturated carbocycles. The van der Waals surface area contributed by atoms with Gasteiger partial charge >= 0.3 is 0 Å². The van der Waals surface area contributed by atoms with Gasteiger partial charge in [-0.25, -0.2) is 18.1 Å². The molecule has 0 unspecified atom stereocenters. The monoisotopic (exact) mass is 421 g/mol. The molecule has 1 amide bonds. The maximum Gasteiger partial charge on any atom is 0.285 e. The quantitative estimate of drug-likeness (QED) is 0.637. The van der Waals surface area contributed by atoms with E-state index in [1.165, 1.54) is 24.0 Å². The summed E-state index contributed by atoms with van der Waals surface area (Å²) in [7, 11) is -2.31. The molecule has 0 bridgehead atoms. The molecule has 0 spiro atoms. The van der Waals surface area contributed by atoms with Gasteiger partial charge in [-0.2, -0.15) is 0 Å². The zero-order valence-electron chi connectivity index (χ0n) is 14.5. The van der Waals surface area contributed by atoms with Gasteiger partial charge < -0.3 is 4.57 Å². The smallest absolute Gasteiger partial charge is 0.285 e. The number of rotatable bonds is 5. The second-order valence-electron chi connectivity index (χ2n) is 5.63. The van der Waals surface area contributed by atoms with Crippen LogP contribution in [0.3, 0.4) is 0 Å². The van der Waals surface area contributed by atoms with Crippen LogP contribution in [-0.4, -0.2) is 30.1 Å². The summed E-state index contributed by atoms with van der Waals surface area (Å²) >= 11 is 7.47. The van der Waals surface area contributed by atoms with Gasteiger partial charge in [-0.1, -0.05) is 35.9 Å². The van der Waals surface area contributed by atoms with Gasteiger partial charge in [-0.05, 0) is 30.5 Å². The molecule has 6 nitrogen and oxygen atoms in total. The fourth-order valence-electron chi connectivity index (χ4n) is 2.54. The van der Waals surface area contributed by atoms with Crippen LogP contribution in [-0.2, 0) is 17.1 Å². The van der Waals surface area contributed by atoms with E-state index in [1.807, 2.05) is 0 Å². The van der Waals surface area contributed by atoms with Gasteiger partial charge in [0.25, 0.3) is 15.9 Å². The van der Waals surface area contributed by atoms with Crippen molar-refractivity contribution in [3.63, 3.8) is 0 Å². The molecule has 0 aliphatic carbocycles. The molecule has 1 N–H and O–H groups in total. The van der Waals surface area contributed by atoms with Gasteiger partial charge in [0.05, 0.1) is 5.02 Å². The minimum Gasteiger partial charge on any atom is -0.333 e. The first-order valence-electron chi connectivity index (χ1n) is 7.82. The Balaban J connectivity index is 1.91. The van der Waals surface area contributed by atoms with E-state index in [0.29, 0.717) is 21.3 Å². The lowest BCUT2D eigenvalue weighted by Gasteiger charge is -2.09. The number of hydrogen-bond acceptors (Lipinski definition) is 5. The third-order valence-electron chi connectivity index (χ3n) is 3.81. The molecule has 0 aliphatic rings. The van der Waals surface area contributed by atoms with Crippen LogP contribution in [0.1, 0.15) is 10.5 Å². The van der Waals surface area contributed by atoms with Crippen molar-refractivity contribution in [2.75, 3.05) is 6.26 Å². The first kappa shape index (κ1) is 19.5. The molecule has 140 valence electrons. The molecule has 3 rings (SSSR count). The zero-order chi connectivity index (χ0) is 19.6. The number of benzene rings is 2. The van der Waals surface area contributed by atoms with Crippen LogP contribution in [0.4, 0.5) is 0 Å². The average Bonchev–Trinajstić information content (AvgIpc) is 3.03. The topological polar surface area (TPSA) is 81.1 Å². The molecule has 2 aromatic carbocycles. The standard InChI is InChI=1S/C18H16ClN3O3S2/c1-22-11-14(20-17(22)12-7-3-4-8-13(12)19)18(23)21-27(24,25)16-10-6-5-9-15(16)26-2/h3-11H,1-2H3,(H,21,23). The van der Waals surface area contributed by atoms with Crippen molar-refractivity contribution in [1.29, 1.82) is 0 Å². The van der Waals surface area contributed by atoms with E-state index in [-0.39, 0.29) is 10.6 Å². The number of amides is 1. The predicted molar refractivity (Wildman–Crippen MR) is 107 cm³/mol. The minimum atomic E-state index is -4.02. The summed E-state index contributed by atoms with van der Waals surface area (Å²) < 4.78 is 28.9. The van der Waals surface area contributed by atoms with E-state index in [2.05, 4.69) is 9.71 Å². The van der Waals surface area contributed by atoms with Crippen molar-refractivity contribution in [2.45, 2.75) is 9.79 Å². The van der Waals surface area contributed by atoms with Gasteiger partial charge in [0, 0.05) is 23.7 Å². The first-order chi connectivity index (χ1) is 12.8. The molecule has 1 aromatic heterocycles. The molecule has 3 aromatic rings. The first-order valence-corrected chi connectivity index (χ1v) is 10.9. The van der Waals surface area contributed by atoms with E-state index >= 15 is 0 Å². The van der Waals surface area contributed by atoms with Crippen LogP contribution in [0.5, 0.6) is 0 Å². The fraction of sp³-hybridized carbons (Fsp3) is 0.111. The molecule has 9 heteroatoms. The molecule has 27 heavy (non-hydrogen) atoms. The summed E-state index contributed by atoms with van der Waals surface area (Å²) in [5, 5.41) is 0.486. The minimum absolute atomic E-state index is 0.0161. The molecule has 1 heterocycles. The summed E-state index contributed by atoms with van der Waals surface area (Å²) in [4.78, 5) is 17.4. The van der Waals surface area contributed by atoms with Crippen molar-refractivity contribution in [1.82, 2.24) is 14.3 Å². The highest BCUT2D eigenvalue weighted by molar-refractivity contribution is 7.99. The number of sulfonamides is 1. The third-order valence-corrected chi connectivity index (χ3v) is 6.45. The second kappa shape index (κ2) is 7.75. The summed E-state index contributed by atoms with van der Waals surface area (Å²) in [5.41, 5.74) is 0.633. The van der Waals surface area contributed by atoms with Crippen molar-refractivity contribution < 1.29 is 13.2 Å². The largest absolute Gasteiger partial charge is 0.333 e. The lowest BCUT2D eigenvalue weighted by molar-refractivity contribution is 0.0977. The van der Waals surface area contributed by atoms with E-state index in [4.69, 9.17) is 11.6 Å². The van der Waals surface area contributed by atoms with Crippen LogP contribution in [0, 0.1) is 0 Å². The Hall–Kier alpha value is -2.29. The van der Waals surface area contributed by atoms with Crippen molar-refractivity contribution in [3.8, 4) is 11.4 Å². The summed E-state index contributed by atoms with van der Waals surface area (Å²) in [6, 6.07) is 13.6. The highest BCUT2D eigenvalue weighted by atomic mass is 35.5. The Bertz CT molecular complexity index is 1110. The van der Waals surface area contributed by atoms with Crippen molar-refractivity contribution in [3.05, 3.63) is 65.4 Å². The van der Waals surface area contributed by atoms with E-state index < -0.39 is 15.9 Å². The third kappa shape index (κ3) is 4.02. The molecular weight excluding hydrogens is 406 g/mol. The normalized spacial score (nSPS) is 11.4. The molecule has 0 aliphatic heterocycles. The van der Waals surface area contributed by atoms with Crippen LogP contribution < -0.4 is 4.72 Å². The lowest BCUT2D eigenvalue weighted by atomic mass is 10.2. The van der Waals surface area contributed by atoms with Gasteiger partial charge in [0.2, 0.25) is 0 Å². The summed E-state index contributed by atoms with van der Waals surface area (Å²) in [6.07, 6.45) is 3.23. The number of hydrogen-bond donors (Lipinski definition) is 1. The number of halogens is 1. The van der Waals surface area contributed by atoms with E-state index in [0.717, 1.165) is 0 Å². The van der Waals surface area contributed by atoms with E-state index in [1.54, 1.807) is 60.3 Å². The maximum atomic E-state index is 12.6. The van der Waals surface area contributed by atoms with Crippen LogP contribution in [0.15, 0.2) is 64.5 Å². The second-order valence-corrected chi connectivity index (χ2v) is 8.53. The van der Waals surface area contributed by atoms with Crippen molar-refractivity contribution >= 4 is 39.3 Å². The number of thioether (sulfide) groups is 1. The van der Waals surface area contributed by atoms with Gasteiger partial charge in [-0.3, -0.25) is 4.79 Å². The summed E-state index contributed by atoms with van der Waals surface area (Å²) in [6.45, 7) is 0. The Kier molecular flexibility index (Phi) is 5.59. The molecule has 0 fully saturated rings. The number of carbonyl (C=O) groups excluding carboxylic acids is 1. The zero-order valence-corrected chi connectivity index (χ0v) is 16.9. The maximum absolute atomic E-state index is 12.6. The SMILES string of the molecule is CSc1ccccc1S(=O)(=O)NC(=O)c1cn(C)c(-c2ccccc2Cl)n1. The predicted octanol–water partition coefficient (Wildman–Crippen LogP) is 3.58. The number of aromatic nitrogens is 2. The highest BCUT2D eigenvalue weighted by Crippen LogP contribution is 2.27. The van der Waals surface area contributed by atoms with E-state index in [9.17, 15) is 13.2 Å². The highest BCUT2D eigenvalue weighted by Gasteiger charge is 2.24. The number of carbonyl (C=O) groups is 1. The Morgan fingerprint density at radius 2 is 1.81 bits per heavy atom. The number of imidazole rings is 1. The van der Waals surface area contributed by atoms with Crippen LogP contribution in [0.25, 0.3) is 11.4 Å². The van der Waals surface area contributed by atoms with Gasteiger partial charge in [0.1, 0.15) is 16.4 Å². The van der Waals surface area contributed by atoms with Crippen LogP contribution >= 0.6 is 23.4 Å². The fourth-order valence-corrected chi connectivity index (χ4v) is 4.87. The molecule has 0 radical (unpaired) electrons. The number of nitrogens with one attached hydrogen (secondary N) is 1. The van der Waals surface area contributed by atoms with Gasteiger partial charge in [-0.15, -0.1) is 11.8 Å². The summed E-state index contributed by atoms with van der Waals surface area (Å²) in [5.74, 6) is -0.340. The number of nitrogens with zero attached hydrogens (tertiary/aromatic N) is 2.